The maximum atomic E-state index is 12.2. The van der Waals surface area contributed by atoms with E-state index >= 15 is 0 Å². The summed E-state index contributed by atoms with van der Waals surface area (Å²) in [5, 5.41) is 13.8. The average molecular weight is 286 g/mol. The number of piperazine rings is 1. The normalized spacial score (nSPS) is 14.7. The van der Waals surface area contributed by atoms with Gasteiger partial charge in [0.2, 0.25) is 0 Å². The number of nitro benzene ring substituents is 1. The second-order valence-electron chi connectivity index (χ2n) is 4.30. The Morgan fingerprint density at radius 3 is 2.53 bits per heavy atom. The van der Waals surface area contributed by atoms with Gasteiger partial charge in [0.25, 0.3) is 11.6 Å². The molecule has 1 N–H and O–H groups in total. The lowest BCUT2D eigenvalue weighted by molar-refractivity contribution is -0.384. The van der Waals surface area contributed by atoms with Crippen LogP contribution < -0.4 is 5.32 Å². The molecule has 1 aliphatic heterocycles. The van der Waals surface area contributed by atoms with Crippen molar-refractivity contribution in [2.75, 3.05) is 26.2 Å². The highest BCUT2D eigenvalue weighted by Crippen LogP contribution is 2.18. The Morgan fingerprint density at radius 1 is 1.37 bits per heavy atom. The molecule has 1 saturated heterocycles. The highest BCUT2D eigenvalue weighted by atomic mass is 35.5. The number of nitrogens with zero attached hydrogens (tertiary/aromatic N) is 2. The van der Waals surface area contributed by atoms with Crippen LogP contribution in [0.3, 0.4) is 0 Å². The molecule has 1 heterocycles. The van der Waals surface area contributed by atoms with Crippen LogP contribution in [0.25, 0.3) is 0 Å². The van der Waals surface area contributed by atoms with E-state index in [-0.39, 0.29) is 24.0 Å². The molecule has 104 valence electrons. The van der Waals surface area contributed by atoms with Gasteiger partial charge in [-0.1, -0.05) is 0 Å². The summed E-state index contributed by atoms with van der Waals surface area (Å²) < 4.78 is 0. The predicted molar refractivity (Wildman–Crippen MR) is 73.9 cm³/mol. The molecule has 0 spiro atoms. The fourth-order valence-corrected chi connectivity index (χ4v) is 2.04. The zero-order valence-corrected chi connectivity index (χ0v) is 11.4. The van der Waals surface area contributed by atoms with E-state index < -0.39 is 4.92 Å². The molecule has 2 rings (SSSR count). The first kappa shape index (κ1) is 15.4. The number of benzene rings is 1. The van der Waals surface area contributed by atoms with Gasteiger partial charge in [-0.3, -0.25) is 14.9 Å². The van der Waals surface area contributed by atoms with Crippen LogP contribution in [0.4, 0.5) is 5.69 Å². The van der Waals surface area contributed by atoms with Crippen molar-refractivity contribution < 1.29 is 9.72 Å². The number of carbonyl (C=O) groups excluding carboxylic acids is 1. The average Bonchev–Trinajstić information content (AvgIpc) is 2.38. The molecule has 0 aliphatic carbocycles. The quantitative estimate of drug-likeness (QED) is 0.658. The van der Waals surface area contributed by atoms with Gasteiger partial charge in [0, 0.05) is 43.9 Å². The molecule has 0 bridgehead atoms. The van der Waals surface area contributed by atoms with Crippen molar-refractivity contribution in [2.24, 2.45) is 0 Å². The third-order valence-electron chi connectivity index (χ3n) is 3.06. The fraction of sp³-hybridized carbons (Fsp3) is 0.417. The van der Waals surface area contributed by atoms with E-state index in [1.54, 1.807) is 11.8 Å². The third kappa shape index (κ3) is 3.42. The maximum absolute atomic E-state index is 12.2. The number of aryl methyl sites for hydroxylation is 1. The van der Waals surface area contributed by atoms with Crippen LogP contribution in [-0.2, 0) is 0 Å². The number of nitro groups is 1. The summed E-state index contributed by atoms with van der Waals surface area (Å²) in [4.78, 5) is 24.2. The third-order valence-corrected chi connectivity index (χ3v) is 3.06. The first-order valence-corrected chi connectivity index (χ1v) is 5.84. The van der Waals surface area contributed by atoms with Crippen molar-refractivity contribution in [3.63, 3.8) is 0 Å². The van der Waals surface area contributed by atoms with Gasteiger partial charge in [0.05, 0.1) is 4.92 Å². The van der Waals surface area contributed by atoms with Gasteiger partial charge in [-0.25, -0.2) is 0 Å². The predicted octanol–water partition coefficient (Wildman–Crippen LogP) is 1.37. The second-order valence-corrected chi connectivity index (χ2v) is 4.30. The van der Waals surface area contributed by atoms with Crippen molar-refractivity contribution in [3.8, 4) is 0 Å². The highest BCUT2D eigenvalue weighted by molar-refractivity contribution is 5.96. The van der Waals surface area contributed by atoms with E-state index in [2.05, 4.69) is 5.32 Å². The zero-order chi connectivity index (χ0) is 13.1. The molecule has 6 nitrogen and oxygen atoms in total. The molecule has 0 saturated carbocycles. The first-order valence-electron chi connectivity index (χ1n) is 5.84. The first-order chi connectivity index (χ1) is 8.59. The van der Waals surface area contributed by atoms with Crippen molar-refractivity contribution in [1.82, 2.24) is 10.2 Å². The monoisotopic (exact) mass is 285 g/mol. The number of amides is 1. The Kier molecular flexibility index (Phi) is 5.26. The minimum absolute atomic E-state index is 0. The lowest BCUT2D eigenvalue weighted by atomic mass is 10.1. The molecule has 19 heavy (non-hydrogen) atoms. The van der Waals surface area contributed by atoms with Crippen LogP contribution in [0.15, 0.2) is 18.2 Å². The Hall–Kier alpha value is -1.66. The number of hydrogen-bond acceptors (Lipinski definition) is 4. The summed E-state index contributed by atoms with van der Waals surface area (Å²) in [5.74, 6) is -0.0519. The van der Waals surface area contributed by atoms with E-state index in [0.29, 0.717) is 24.2 Å². The van der Waals surface area contributed by atoms with Crippen LogP contribution in [0.1, 0.15) is 15.9 Å². The van der Waals surface area contributed by atoms with Gasteiger partial charge in [-0.05, 0) is 18.6 Å². The highest BCUT2D eigenvalue weighted by Gasteiger charge is 2.20. The Bertz CT molecular complexity index is 487. The summed E-state index contributed by atoms with van der Waals surface area (Å²) in [6.07, 6.45) is 0. The van der Waals surface area contributed by atoms with Gasteiger partial charge in [-0.15, -0.1) is 12.4 Å². The van der Waals surface area contributed by atoms with E-state index in [4.69, 9.17) is 0 Å². The van der Waals surface area contributed by atoms with E-state index in [1.165, 1.54) is 18.2 Å². The van der Waals surface area contributed by atoms with E-state index in [9.17, 15) is 14.9 Å². The number of hydrogen-bond donors (Lipinski definition) is 1. The standard InChI is InChI=1S/C12H15N3O3.ClH/c1-9-8-10(15(17)18)2-3-11(9)12(16)14-6-4-13-5-7-14;/h2-3,8,13H,4-7H2,1H3;1H. The molecular formula is C12H16ClN3O3. The summed E-state index contributed by atoms with van der Waals surface area (Å²) >= 11 is 0. The molecule has 0 atom stereocenters. The number of rotatable bonds is 2. The number of carbonyl (C=O) groups is 1. The molecule has 1 aliphatic rings. The largest absolute Gasteiger partial charge is 0.336 e. The number of halogens is 1. The van der Waals surface area contributed by atoms with Crippen molar-refractivity contribution in [3.05, 3.63) is 39.4 Å². The van der Waals surface area contributed by atoms with Gasteiger partial charge in [-0.2, -0.15) is 0 Å². The zero-order valence-electron chi connectivity index (χ0n) is 10.6. The fourth-order valence-electron chi connectivity index (χ4n) is 2.04. The molecule has 1 amide bonds. The summed E-state index contributed by atoms with van der Waals surface area (Å²) in [5.41, 5.74) is 1.21. The molecule has 0 unspecified atom stereocenters. The minimum Gasteiger partial charge on any atom is -0.336 e. The maximum Gasteiger partial charge on any atom is 0.269 e. The van der Waals surface area contributed by atoms with Crippen molar-refractivity contribution >= 4 is 24.0 Å². The lowest BCUT2D eigenvalue weighted by Crippen LogP contribution is -2.46. The van der Waals surface area contributed by atoms with Crippen LogP contribution in [0.5, 0.6) is 0 Å². The summed E-state index contributed by atoms with van der Waals surface area (Å²) in [7, 11) is 0. The van der Waals surface area contributed by atoms with E-state index in [1.807, 2.05) is 0 Å². The molecule has 1 aromatic rings. The molecule has 1 fully saturated rings. The minimum atomic E-state index is -0.452. The van der Waals surface area contributed by atoms with Crippen molar-refractivity contribution in [2.45, 2.75) is 6.92 Å². The summed E-state index contributed by atoms with van der Waals surface area (Å²) in [6.45, 7) is 4.66. The van der Waals surface area contributed by atoms with Gasteiger partial charge < -0.3 is 10.2 Å². The van der Waals surface area contributed by atoms with Crippen LogP contribution in [0, 0.1) is 17.0 Å². The van der Waals surface area contributed by atoms with Gasteiger partial charge >= 0.3 is 0 Å². The Morgan fingerprint density at radius 2 is 2.00 bits per heavy atom. The van der Waals surface area contributed by atoms with Crippen LogP contribution >= 0.6 is 12.4 Å². The Labute approximate surface area is 117 Å². The summed E-state index contributed by atoms with van der Waals surface area (Å²) in [6, 6.07) is 4.36. The van der Waals surface area contributed by atoms with Gasteiger partial charge in [0.1, 0.15) is 0 Å². The van der Waals surface area contributed by atoms with Crippen LogP contribution in [0.2, 0.25) is 0 Å². The number of non-ortho nitro benzene ring substituents is 1. The lowest BCUT2D eigenvalue weighted by Gasteiger charge is -2.27. The molecule has 0 radical (unpaired) electrons. The molecule has 7 heteroatoms. The molecular weight excluding hydrogens is 270 g/mol. The topological polar surface area (TPSA) is 75.5 Å². The molecule has 1 aromatic carbocycles. The second kappa shape index (κ2) is 6.49. The SMILES string of the molecule is Cc1cc([N+](=O)[O-])ccc1C(=O)N1CCNCC1.Cl. The van der Waals surface area contributed by atoms with E-state index in [0.717, 1.165) is 13.1 Å². The Balaban J connectivity index is 0.00000180. The number of nitrogens with one attached hydrogen (secondary N) is 1. The van der Waals surface area contributed by atoms with Crippen LogP contribution in [-0.4, -0.2) is 41.9 Å². The smallest absolute Gasteiger partial charge is 0.269 e. The molecule has 0 aromatic heterocycles. The van der Waals surface area contributed by atoms with Gasteiger partial charge in [0.15, 0.2) is 0 Å². The van der Waals surface area contributed by atoms with Crippen molar-refractivity contribution in [1.29, 1.82) is 0 Å².